The number of carbonyl (C=O) groups excluding carboxylic acids is 2. The van der Waals surface area contributed by atoms with Crippen molar-refractivity contribution in [2.24, 2.45) is 11.8 Å². The topological polar surface area (TPSA) is 102 Å². The SMILES string of the molecule is CCC(CC)C(=O)OC[C@H]1OC(O)C[C@@H](OC(=O)C(CC)CC)[C@@H]1O. The van der Waals surface area contributed by atoms with Crippen LogP contribution in [0, 0.1) is 11.8 Å². The fraction of sp³-hybridized carbons (Fsp3) is 0.889. The Morgan fingerprint density at radius 1 is 1.00 bits per heavy atom. The second-order valence-electron chi connectivity index (χ2n) is 6.49. The minimum absolute atomic E-state index is 0.00987. The molecule has 146 valence electrons. The highest BCUT2D eigenvalue weighted by Gasteiger charge is 2.40. The van der Waals surface area contributed by atoms with E-state index in [1.54, 1.807) is 0 Å². The molecular formula is C18H32O7. The molecule has 0 radical (unpaired) electrons. The maximum absolute atomic E-state index is 12.1. The van der Waals surface area contributed by atoms with E-state index in [9.17, 15) is 19.8 Å². The molecule has 1 aliphatic rings. The molecule has 1 fully saturated rings. The summed E-state index contributed by atoms with van der Waals surface area (Å²) in [5.74, 6) is -1.19. The van der Waals surface area contributed by atoms with Crippen LogP contribution < -0.4 is 0 Å². The number of esters is 2. The minimum atomic E-state index is -1.18. The Balaban J connectivity index is 2.64. The fourth-order valence-corrected chi connectivity index (χ4v) is 2.94. The first-order chi connectivity index (χ1) is 11.9. The Hall–Kier alpha value is -1.18. The summed E-state index contributed by atoms with van der Waals surface area (Å²) in [7, 11) is 0. The molecule has 7 nitrogen and oxygen atoms in total. The van der Waals surface area contributed by atoms with E-state index in [4.69, 9.17) is 14.2 Å². The van der Waals surface area contributed by atoms with Crippen molar-refractivity contribution in [3.63, 3.8) is 0 Å². The summed E-state index contributed by atoms with van der Waals surface area (Å²) in [5.41, 5.74) is 0. The number of aliphatic hydroxyl groups excluding tert-OH is 2. The Morgan fingerprint density at radius 2 is 1.52 bits per heavy atom. The highest BCUT2D eigenvalue weighted by atomic mass is 16.6. The minimum Gasteiger partial charge on any atom is -0.463 e. The van der Waals surface area contributed by atoms with Crippen LogP contribution >= 0.6 is 0 Å². The number of aliphatic hydroxyl groups is 2. The van der Waals surface area contributed by atoms with Crippen LogP contribution in [0.3, 0.4) is 0 Å². The zero-order chi connectivity index (χ0) is 19.0. The van der Waals surface area contributed by atoms with Crippen LogP contribution in [-0.4, -0.2) is 53.4 Å². The van der Waals surface area contributed by atoms with Crippen molar-refractivity contribution in [2.45, 2.75) is 84.4 Å². The van der Waals surface area contributed by atoms with Crippen LogP contribution in [-0.2, 0) is 23.8 Å². The highest BCUT2D eigenvalue weighted by molar-refractivity contribution is 5.72. The molecule has 0 amide bonds. The van der Waals surface area contributed by atoms with Gasteiger partial charge in [0.05, 0.1) is 11.8 Å². The van der Waals surface area contributed by atoms with Crippen LogP contribution in [0.1, 0.15) is 59.8 Å². The van der Waals surface area contributed by atoms with Gasteiger partial charge in [0, 0.05) is 6.42 Å². The molecule has 1 aliphatic heterocycles. The van der Waals surface area contributed by atoms with Crippen molar-refractivity contribution >= 4 is 11.9 Å². The van der Waals surface area contributed by atoms with Crippen molar-refractivity contribution in [3.8, 4) is 0 Å². The van der Waals surface area contributed by atoms with Crippen LogP contribution in [0.4, 0.5) is 0 Å². The standard InChI is InChI=1S/C18H32O7/c1-5-11(6-2)17(21)23-10-14-16(20)13(9-15(19)24-14)25-18(22)12(7-3)8-4/h11-16,19-20H,5-10H2,1-4H3/t13-,14-,15?,16+/m1/s1. The molecule has 1 heterocycles. The van der Waals surface area contributed by atoms with Crippen molar-refractivity contribution in [1.82, 2.24) is 0 Å². The van der Waals surface area contributed by atoms with Crippen LogP contribution in [0.15, 0.2) is 0 Å². The maximum atomic E-state index is 12.1. The lowest BCUT2D eigenvalue weighted by atomic mass is 10.00. The van der Waals surface area contributed by atoms with Gasteiger partial charge in [-0.1, -0.05) is 27.7 Å². The van der Waals surface area contributed by atoms with Crippen molar-refractivity contribution in [2.75, 3.05) is 6.61 Å². The average Bonchev–Trinajstić information content (AvgIpc) is 2.58. The van der Waals surface area contributed by atoms with E-state index >= 15 is 0 Å². The third kappa shape index (κ3) is 6.24. The Bertz CT molecular complexity index is 418. The predicted octanol–water partition coefficient (Wildman–Crippen LogP) is 1.78. The first kappa shape index (κ1) is 21.9. The van der Waals surface area contributed by atoms with Gasteiger partial charge in [0.25, 0.3) is 0 Å². The molecule has 1 saturated heterocycles. The molecule has 4 atom stereocenters. The number of hydrogen-bond acceptors (Lipinski definition) is 7. The van der Waals surface area contributed by atoms with E-state index in [2.05, 4.69) is 0 Å². The summed E-state index contributed by atoms with van der Waals surface area (Å²) >= 11 is 0. The van der Waals surface area contributed by atoms with E-state index < -0.39 is 30.6 Å². The molecule has 1 rings (SSSR count). The summed E-state index contributed by atoms with van der Waals surface area (Å²) in [6, 6.07) is 0. The summed E-state index contributed by atoms with van der Waals surface area (Å²) in [5, 5.41) is 20.2. The molecule has 0 aromatic rings. The smallest absolute Gasteiger partial charge is 0.309 e. The van der Waals surface area contributed by atoms with Crippen molar-refractivity contribution in [3.05, 3.63) is 0 Å². The van der Waals surface area contributed by atoms with Gasteiger partial charge in [0.15, 0.2) is 6.29 Å². The van der Waals surface area contributed by atoms with Gasteiger partial charge in [-0.2, -0.15) is 0 Å². The molecule has 7 heteroatoms. The van der Waals surface area contributed by atoms with Gasteiger partial charge in [-0.05, 0) is 25.7 Å². The molecule has 2 N–H and O–H groups in total. The van der Waals surface area contributed by atoms with Crippen molar-refractivity contribution in [1.29, 1.82) is 0 Å². The zero-order valence-electron chi connectivity index (χ0n) is 15.6. The molecule has 25 heavy (non-hydrogen) atoms. The summed E-state index contributed by atoms with van der Waals surface area (Å²) in [6.07, 6.45) is -1.53. The van der Waals surface area contributed by atoms with E-state index in [0.29, 0.717) is 25.7 Å². The lowest BCUT2D eigenvalue weighted by molar-refractivity contribution is -0.249. The van der Waals surface area contributed by atoms with Crippen molar-refractivity contribution < 1.29 is 34.0 Å². The molecule has 0 aromatic heterocycles. The second-order valence-corrected chi connectivity index (χ2v) is 6.49. The molecule has 0 saturated carbocycles. The van der Waals surface area contributed by atoms with Gasteiger partial charge in [0.2, 0.25) is 0 Å². The number of carbonyl (C=O) groups is 2. The third-order valence-electron chi connectivity index (χ3n) is 4.82. The monoisotopic (exact) mass is 360 g/mol. The first-order valence-corrected chi connectivity index (χ1v) is 9.26. The molecular weight excluding hydrogens is 328 g/mol. The molecule has 0 aliphatic carbocycles. The van der Waals surface area contributed by atoms with Gasteiger partial charge in [-0.15, -0.1) is 0 Å². The van der Waals surface area contributed by atoms with Crippen LogP contribution in [0.25, 0.3) is 0 Å². The Kier molecular flexibility index (Phi) is 9.38. The van der Waals surface area contributed by atoms with E-state index in [0.717, 1.165) is 0 Å². The lowest BCUT2D eigenvalue weighted by Crippen LogP contribution is -2.52. The summed E-state index contributed by atoms with van der Waals surface area (Å²) in [6.45, 7) is 7.40. The van der Waals surface area contributed by atoms with Crippen LogP contribution in [0.2, 0.25) is 0 Å². The highest BCUT2D eigenvalue weighted by Crippen LogP contribution is 2.24. The quantitative estimate of drug-likeness (QED) is 0.604. The second kappa shape index (κ2) is 10.7. The van der Waals surface area contributed by atoms with E-state index in [-0.39, 0.29) is 30.8 Å². The number of rotatable bonds is 9. The van der Waals surface area contributed by atoms with Gasteiger partial charge in [0.1, 0.15) is 24.9 Å². The molecule has 0 bridgehead atoms. The van der Waals surface area contributed by atoms with Gasteiger partial charge >= 0.3 is 11.9 Å². The van der Waals surface area contributed by atoms with Gasteiger partial charge < -0.3 is 24.4 Å². The Labute approximate surface area is 149 Å². The van der Waals surface area contributed by atoms with Gasteiger partial charge in [-0.25, -0.2) is 0 Å². The van der Waals surface area contributed by atoms with Crippen LogP contribution in [0.5, 0.6) is 0 Å². The fourth-order valence-electron chi connectivity index (χ4n) is 2.94. The third-order valence-corrected chi connectivity index (χ3v) is 4.82. The van der Waals surface area contributed by atoms with Gasteiger partial charge in [-0.3, -0.25) is 9.59 Å². The first-order valence-electron chi connectivity index (χ1n) is 9.26. The molecule has 1 unspecified atom stereocenters. The normalized spacial score (nSPS) is 26.7. The lowest BCUT2D eigenvalue weighted by Gasteiger charge is -2.37. The maximum Gasteiger partial charge on any atom is 0.309 e. The van der Waals surface area contributed by atoms with E-state index in [1.807, 2.05) is 27.7 Å². The largest absolute Gasteiger partial charge is 0.463 e. The molecule has 0 spiro atoms. The average molecular weight is 360 g/mol. The molecule has 0 aromatic carbocycles. The summed E-state index contributed by atoms with van der Waals surface area (Å²) < 4.78 is 15.8. The number of ether oxygens (including phenoxy) is 3. The number of hydrogen-bond donors (Lipinski definition) is 2. The predicted molar refractivity (Wildman–Crippen MR) is 90.5 cm³/mol. The summed E-state index contributed by atoms with van der Waals surface area (Å²) in [4.78, 5) is 24.1. The Morgan fingerprint density at radius 3 is 2.04 bits per heavy atom. The zero-order valence-corrected chi connectivity index (χ0v) is 15.6. The van der Waals surface area contributed by atoms with E-state index in [1.165, 1.54) is 0 Å².